The molecule has 0 aromatic heterocycles. The molecular weight excluding hydrogens is 356 g/mol. The predicted molar refractivity (Wildman–Crippen MR) is 74.8 cm³/mol. The van der Waals surface area contributed by atoms with Crippen LogP contribution in [0.5, 0.6) is 5.75 Å². The number of hydrogen-bond donors (Lipinski definition) is 2. The first-order valence-corrected chi connectivity index (χ1v) is 6.42. The summed E-state index contributed by atoms with van der Waals surface area (Å²) in [6.45, 7) is -3.18. The van der Waals surface area contributed by atoms with Crippen LogP contribution < -0.4 is 15.8 Å². The molecule has 0 unspecified atom stereocenters. The Balaban J connectivity index is 2.37. The van der Waals surface area contributed by atoms with Crippen LogP contribution in [0.1, 0.15) is 0 Å². The van der Waals surface area contributed by atoms with Crippen molar-refractivity contribution >= 4 is 33.0 Å². The second-order valence-corrected chi connectivity index (χ2v) is 4.91. The molecule has 0 aliphatic carbocycles. The van der Waals surface area contributed by atoms with Crippen molar-refractivity contribution in [1.82, 2.24) is 0 Å². The third-order valence-electron chi connectivity index (χ3n) is 2.52. The van der Waals surface area contributed by atoms with Crippen molar-refractivity contribution in [2.24, 2.45) is 0 Å². The van der Waals surface area contributed by atoms with Crippen molar-refractivity contribution in [3.8, 4) is 5.75 Å². The zero-order chi connectivity index (χ0) is 15.6. The van der Waals surface area contributed by atoms with Gasteiger partial charge in [0.2, 0.25) is 0 Å². The molecule has 0 spiro atoms. The Kier molecular flexibility index (Phi) is 4.56. The Morgan fingerprint density at radius 1 is 1.05 bits per heavy atom. The van der Waals surface area contributed by atoms with E-state index in [0.717, 1.165) is 12.1 Å². The smallest absolute Gasteiger partial charge is 0.387 e. The van der Waals surface area contributed by atoms with E-state index >= 15 is 0 Å². The van der Waals surface area contributed by atoms with Gasteiger partial charge in [0.1, 0.15) is 5.82 Å². The fourth-order valence-corrected chi connectivity index (χ4v) is 1.96. The molecule has 2 aromatic rings. The minimum absolute atomic E-state index is 0.0454. The highest BCUT2D eigenvalue weighted by Crippen LogP contribution is 2.32. The van der Waals surface area contributed by atoms with Crippen molar-refractivity contribution in [3.05, 3.63) is 46.4 Å². The molecule has 0 atom stereocenters. The van der Waals surface area contributed by atoms with E-state index in [4.69, 9.17) is 5.73 Å². The van der Waals surface area contributed by atoms with Crippen molar-refractivity contribution in [2.45, 2.75) is 6.61 Å². The van der Waals surface area contributed by atoms with Gasteiger partial charge in [-0.05, 0) is 18.2 Å². The third-order valence-corrected chi connectivity index (χ3v) is 3.01. The second kappa shape index (κ2) is 6.21. The lowest BCUT2D eigenvalue weighted by Crippen LogP contribution is -2.06. The number of hydrogen-bond acceptors (Lipinski definition) is 3. The molecule has 0 fully saturated rings. The minimum Gasteiger partial charge on any atom is -0.432 e. The zero-order valence-corrected chi connectivity index (χ0v) is 11.9. The highest BCUT2D eigenvalue weighted by Gasteiger charge is 2.14. The molecule has 0 radical (unpaired) electrons. The van der Waals surface area contributed by atoms with E-state index in [0.29, 0.717) is 4.47 Å². The number of nitrogens with one attached hydrogen (secondary N) is 1. The maximum Gasteiger partial charge on any atom is 0.387 e. The average molecular weight is 365 g/mol. The normalized spacial score (nSPS) is 10.8. The van der Waals surface area contributed by atoms with Crippen molar-refractivity contribution in [3.63, 3.8) is 0 Å². The number of halogens is 5. The quantitative estimate of drug-likeness (QED) is 0.612. The van der Waals surface area contributed by atoms with Gasteiger partial charge in [-0.25, -0.2) is 8.78 Å². The summed E-state index contributed by atoms with van der Waals surface area (Å²) < 4.78 is 56.0. The van der Waals surface area contributed by atoms with Gasteiger partial charge in [-0.3, -0.25) is 0 Å². The standard InChI is InChI=1S/C13H9BrF4N2O/c14-6-1-2-7(15)10(3-6)20-11-5-12(21-13(17)18)8(16)4-9(11)19/h1-5,13,20H,19H2. The maximum atomic E-state index is 13.6. The number of nitrogen functional groups attached to an aromatic ring is 1. The summed E-state index contributed by atoms with van der Waals surface area (Å²) in [5, 5.41) is 2.60. The minimum atomic E-state index is -3.18. The van der Waals surface area contributed by atoms with Gasteiger partial charge >= 0.3 is 6.61 Å². The lowest BCUT2D eigenvalue weighted by Gasteiger charge is -2.13. The van der Waals surface area contributed by atoms with E-state index < -0.39 is 24.0 Å². The highest BCUT2D eigenvalue weighted by atomic mass is 79.9. The molecule has 0 aliphatic rings. The van der Waals surface area contributed by atoms with Crippen LogP contribution in [0.4, 0.5) is 34.6 Å². The first kappa shape index (κ1) is 15.4. The summed E-state index contributed by atoms with van der Waals surface area (Å²) >= 11 is 3.17. The Morgan fingerprint density at radius 2 is 1.76 bits per heavy atom. The molecule has 0 aliphatic heterocycles. The Labute approximate surface area is 125 Å². The Hall–Kier alpha value is -1.96. The molecule has 0 amide bonds. The van der Waals surface area contributed by atoms with E-state index in [9.17, 15) is 17.6 Å². The molecule has 0 saturated heterocycles. The molecule has 112 valence electrons. The molecular formula is C13H9BrF4N2O. The molecule has 21 heavy (non-hydrogen) atoms. The van der Waals surface area contributed by atoms with Crippen LogP contribution in [0.2, 0.25) is 0 Å². The molecule has 0 bridgehead atoms. The first-order valence-electron chi connectivity index (χ1n) is 5.62. The number of rotatable bonds is 4. The Morgan fingerprint density at radius 3 is 2.43 bits per heavy atom. The van der Waals surface area contributed by atoms with Crippen LogP contribution in [0, 0.1) is 11.6 Å². The summed E-state index contributed by atoms with van der Waals surface area (Å²) in [5.74, 6) is -2.30. The van der Waals surface area contributed by atoms with Crippen LogP contribution in [-0.2, 0) is 0 Å². The van der Waals surface area contributed by atoms with Gasteiger partial charge in [0.25, 0.3) is 0 Å². The van der Waals surface area contributed by atoms with E-state index in [-0.39, 0.29) is 17.1 Å². The number of alkyl halides is 2. The highest BCUT2D eigenvalue weighted by molar-refractivity contribution is 9.10. The van der Waals surface area contributed by atoms with Gasteiger partial charge in [0, 0.05) is 16.6 Å². The number of ether oxygens (including phenoxy) is 1. The van der Waals surface area contributed by atoms with Gasteiger partial charge < -0.3 is 15.8 Å². The molecule has 2 rings (SSSR count). The van der Waals surface area contributed by atoms with Gasteiger partial charge in [-0.2, -0.15) is 8.78 Å². The fourth-order valence-electron chi connectivity index (χ4n) is 1.60. The molecule has 0 saturated carbocycles. The predicted octanol–water partition coefficient (Wildman–Crippen LogP) is 4.65. The summed E-state index contributed by atoms with van der Waals surface area (Å²) in [6.07, 6.45) is 0. The van der Waals surface area contributed by atoms with Crippen LogP contribution in [0.25, 0.3) is 0 Å². The Bertz CT molecular complexity index is 667. The summed E-state index contributed by atoms with van der Waals surface area (Å²) in [5.41, 5.74) is 5.59. The largest absolute Gasteiger partial charge is 0.432 e. The molecule has 3 N–H and O–H groups in total. The van der Waals surface area contributed by atoms with Gasteiger partial charge in [-0.1, -0.05) is 15.9 Å². The topological polar surface area (TPSA) is 47.3 Å². The monoisotopic (exact) mass is 364 g/mol. The van der Waals surface area contributed by atoms with Gasteiger partial charge in [-0.15, -0.1) is 0 Å². The maximum absolute atomic E-state index is 13.6. The number of nitrogens with two attached hydrogens (primary N) is 1. The van der Waals surface area contributed by atoms with Gasteiger partial charge in [0.15, 0.2) is 11.6 Å². The number of benzene rings is 2. The van der Waals surface area contributed by atoms with Crippen LogP contribution in [0.3, 0.4) is 0 Å². The SMILES string of the molecule is Nc1cc(F)c(OC(F)F)cc1Nc1cc(Br)ccc1F. The number of anilines is 3. The van der Waals surface area contributed by atoms with Gasteiger partial charge in [0.05, 0.1) is 17.1 Å². The lowest BCUT2D eigenvalue weighted by atomic mass is 10.2. The average Bonchev–Trinajstić information content (AvgIpc) is 2.39. The lowest BCUT2D eigenvalue weighted by molar-refractivity contribution is -0.0521. The van der Waals surface area contributed by atoms with Crippen molar-refractivity contribution in [2.75, 3.05) is 11.1 Å². The van der Waals surface area contributed by atoms with E-state index in [1.54, 1.807) is 0 Å². The summed E-state index contributed by atoms with van der Waals surface area (Å²) in [6, 6.07) is 5.86. The van der Waals surface area contributed by atoms with E-state index in [1.165, 1.54) is 18.2 Å². The molecule has 0 heterocycles. The third kappa shape index (κ3) is 3.78. The second-order valence-electron chi connectivity index (χ2n) is 4.00. The molecule has 8 heteroatoms. The molecule has 3 nitrogen and oxygen atoms in total. The van der Waals surface area contributed by atoms with Crippen LogP contribution in [0.15, 0.2) is 34.8 Å². The summed E-state index contributed by atoms with van der Waals surface area (Å²) in [4.78, 5) is 0. The van der Waals surface area contributed by atoms with Crippen molar-refractivity contribution < 1.29 is 22.3 Å². The summed E-state index contributed by atoms with van der Waals surface area (Å²) in [7, 11) is 0. The zero-order valence-electron chi connectivity index (χ0n) is 10.3. The molecule has 2 aromatic carbocycles. The van der Waals surface area contributed by atoms with E-state index in [2.05, 4.69) is 26.0 Å². The van der Waals surface area contributed by atoms with Crippen LogP contribution in [-0.4, -0.2) is 6.61 Å². The van der Waals surface area contributed by atoms with Crippen molar-refractivity contribution in [1.29, 1.82) is 0 Å². The fraction of sp³-hybridized carbons (Fsp3) is 0.0769. The first-order chi connectivity index (χ1) is 9.86. The van der Waals surface area contributed by atoms with E-state index in [1.807, 2.05) is 0 Å². The van der Waals surface area contributed by atoms with Crippen LogP contribution >= 0.6 is 15.9 Å².